The molecule has 7 heteroatoms. The average molecular weight is 425 g/mol. The lowest BCUT2D eigenvalue weighted by Gasteiger charge is -2.36. The number of fused-ring (bicyclic) bond motifs is 1. The van der Waals surface area contributed by atoms with E-state index < -0.39 is 5.41 Å². The number of carbonyl (C=O) groups is 1. The maximum absolute atomic E-state index is 15.0. The molecule has 4 nitrogen and oxygen atoms in total. The number of anilines is 1. The largest absolute Gasteiger partial charge is 0.381 e. The van der Waals surface area contributed by atoms with Gasteiger partial charge in [-0.25, -0.2) is 4.39 Å². The van der Waals surface area contributed by atoms with E-state index in [4.69, 9.17) is 16.3 Å². The second-order valence-electron chi connectivity index (χ2n) is 7.15. The molecule has 0 unspecified atom stereocenters. The van der Waals surface area contributed by atoms with Crippen LogP contribution in [0.1, 0.15) is 29.5 Å². The second-order valence-corrected chi connectivity index (χ2v) is 7.59. The van der Waals surface area contributed by atoms with Crippen LogP contribution in [0.15, 0.2) is 36.4 Å². The Bertz CT molecular complexity index is 869. The standard InChI is InChI=1S/C21H22ClFN2O2.ClH/c22-16-3-1-2-15(12-16)21(7-10-27-11-8-21)20(26)25-18-5-4-14-13-24-9-6-17(14)19(18)23;/h1-5,12,24H,6-11,13H2,(H,25,26);1H. The zero-order valence-corrected chi connectivity index (χ0v) is 17.0. The van der Waals surface area contributed by atoms with Crippen LogP contribution in [0.5, 0.6) is 0 Å². The summed E-state index contributed by atoms with van der Waals surface area (Å²) in [7, 11) is 0. The highest BCUT2D eigenvalue weighted by molar-refractivity contribution is 6.30. The number of nitrogens with one attached hydrogen (secondary N) is 2. The summed E-state index contributed by atoms with van der Waals surface area (Å²) in [4.78, 5) is 13.3. The number of halogens is 3. The van der Waals surface area contributed by atoms with Crippen molar-refractivity contribution >= 4 is 35.6 Å². The van der Waals surface area contributed by atoms with Gasteiger partial charge in [-0.2, -0.15) is 0 Å². The van der Waals surface area contributed by atoms with Crippen molar-refractivity contribution in [2.75, 3.05) is 25.1 Å². The van der Waals surface area contributed by atoms with Gasteiger partial charge in [0.1, 0.15) is 5.82 Å². The van der Waals surface area contributed by atoms with E-state index in [0.717, 1.165) is 17.7 Å². The lowest BCUT2D eigenvalue weighted by atomic mass is 9.73. The quantitative estimate of drug-likeness (QED) is 0.774. The van der Waals surface area contributed by atoms with Crippen LogP contribution in [0.25, 0.3) is 0 Å². The first-order valence-corrected chi connectivity index (χ1v) is 9.64. The summed E-state index contributed by atoms with van der Waals surface area (Å²) in [6, 6.07) is 10.9. The molecule has 1 amide bonds. The number of benzene rings is 2. The third kappa shape index (κ3) is 3.90. The number of hydrogen-bond acceptors (Lipinski definition) is 3. The Morgan fingerprint density at radius 2 is 2.00 bits per heavy atom. The van der Waals surface area contributed by atoms with Crippen molar-refractivity contribution in [2.24, 2.45) is 0 Å². The minimum absolute atomic E-state index is 0. The zero-order valence-electron chi connectivity index (χ0n) is 15.4. The summed E-state index contributed by atoms with van der Waals surface area (Å²) < 4.78 is 20.5. The molecule has 0 saturated carbocycles. The predicted octanol–water partition coefficient (Wildman–Crippen LogP) is 4.23. The zero-order chi connectivity index (χ0) is 18.9. The van der Waals surface area contributed by atoms with Gasteiger partial charge in [-0.15, -0.1) is 12.4 Å². The molecule has 1 fully saturated rings. The maximum Gasteiger partial charge on any atom is 0.235 e. The third-order valence-electron chi connectivity index (χ3n) is 5.61. The lowest BCUT2D eigenvalue weighted by molar-refractivity contribution is -0.125. The Hall–Kier alpha value is -1.66. The minimum atomic E-state index is -0.771. The van der Waals surface area contributed by atoms with Gasteiger partial charge >= 0.3 is 0 Å². The molecule has 1 saturated heterocycles. The van der Waals surface area contributed by atoms with Crippen molar-refractivity contribution in [2.45, 2.75) is 31.2 Å². The van der Waals surface area contributed by atoms with E-state index in [9.17, 15) is 9.18 Å². The average Bonchev–Trinajstić information content (AvgIpc) is 2.71. The molecule has 2 aromatic carbocycles. The molecule has 0 spiro atoms. The van der Waals surface area contributed by atoms with E-state index in [2.05, 4.69) is 10.6 Å². The van der Waals surface area contributed by atoms with Gasteiger partial charge in [-0.1, -0.05) is 29.8 Å². The molecule has 150 valence electrons. The molecule has 2 aliphatic rings. The van der Waals surface area contributed by atoms with Crippen LogP contribution < -0.4 is 10.6 Å². The molecule has 0 aromatic heterocycles. The van der Waals surface area contributed by atoms with Gasteiger partial charge in [0.15, 0.2) is 0 Å². The lowest BCUT2D eigenvalue weighted by Crippen LogP contribution is -2.45. The van der Waals surface area contributed by atoms with Gasteiger partial charge in [0.25, 0.3) is 0 Å². The number of rotatable bonds is 3. The summed E-state index contributed by atoms with van der Waals surface area (Å²) in [5.74, 6) is -0.531. The molecule has 2 aromatic rings. The fourth-order valence-corrected chi connectivity index (χ4v) is 4.22. The maximum atomic E-state index is 15.0. The number of amides is 1. The van der Waals surface area contributed by atoms with E-state index >= 15 is 0 Å². The van der Waals surface area contributed by atoms with E-state index in [1.165, 1.54) is 0 Å². The molecule has 0 atom stereocenters. The number of ether oxygens (including phenoxy) is 1. The normalized spacial score (nSPS) is 17.9. The Kier molecular flexibility index (Phi) is 6.61. The molecular formula is C21H23Cl2FN2O2. The fraction of sp³-hybridized carbons (Fsp3) is 0.381. The topological polar surface area (TPSA) is 50.4 Å². The molecule has 2 aliphatic heterocycles. The Morgan fingerprint density at radius 1 is 1.21 bits per heavy atom. The summed E-state index contributed by atoms with van der Waals surface area (Å²) in [6.45, 7) is 2.37. The fourth-order valence-electron chi connectivity index (χ4n) is 4.02. The summed E-state index contributed by atoms with van der Waals surface area (Å²) in [5.41, 5.74) is 1.96. The SMILES string of the molecule is Cl.O=C(Nc1ccc2c(c1F)CCNC2)C1(c2cccc(Cl)c2)CCOCC1. The monoisotopic (exact) mass is 424 g/mol. The van der Waals surface area contributed by atoms with Crippen LogP contribution in [0.2, 0.25) is 5.02 Å². The predicted molar refractivity (Wildman–Crippen MR) is 111 cm³/mol. The van der Waals surface area contributed by atoms with Crippen LogP contribution in [0.3, 0.4) is 0 Å². The third-order valence-corrected chi connectivity index (χ3v) is 5.85. The van der Waals surface area contributed by atoms with Crippen LogP contribution >= 0.6 is 24.0 Å². The second kappa shape index (κ2) is 8.78. The van der Waals surface area contributed by atoms with Gasteiger partial charge in [-0.3, -0.25) is 4.79 Å². The number of carbonyl (C=O) groups excluding carboxylic acids is 1. The minimum Gasteiger partial charge on any atom is -0.381 e. The van der Waals surface area contributed by atoms with Crippen LogP contribution in [-0.4, -0.2) is 25.7 Å². The Labute approximate surface area is 175 Å². The molecular weight excluding hydrogens is 402 g/mol. The van der Waals surface area contributed by atoms with Gasteiger partial charge < -0.3 is 15.4 Å². The highest BCUT2D eigenvalue weighted by Gasteiger charge is 2.42. The van der Waals surface area contributed by atoms with Crippen molar-refractivity contribution in [3.05, 3.63) is 63.9 Å². The van der Waals surface area contributed by atoms with E-state index in [0.29, 0.717) is 49.6 Å². The number of hydrogen-bond donors (Lipinski definition) is 2. The van der Waals surface area contributed by atoms with Crippen molar-refractivity contribution in [3.8, 4) is 0 Å². The van der Waals surface area contributed by atoms with Crippen LogP contribution in [-0.2, 0) is 27.9 Å². The van der Waals surface area contributed by atoms with Gasteiger partial charge in [-0.05, 0) is 60.7 Å². The van der Waals surface area contributed by atoms with Crippen molar-refractivity contribution in [1.29, 1.82) is 0 Å². The first kappa shape index (κ1) is 21.1. The van der Waals surface area contributed by atoms with E-state index in [-0.39, 0.29) is 29.8 Å². The van der Waals surface area contributed by atoms with E-state index in [1.54, 1.807) is 12.1 Å². The highest BCUT2D eigenvalue weighted by Crippen LogP contribution is 2.37. The molecule has 2 heterocycles. The van der Waals surface area contributed by atoms with Gasteiger partial charge in [0.2, 0.25) is 5.91 Å². The summed E-state index contributed by atoms with van der Waals surface area (Å²) in [6.07, 6.45) is 1.70. The molecule has 0 radical (unpaired) electrons. The molecule has 0 bridgehead atoms. The first-order chi connectivity index (χ1) is 13.1. The first-order valence-electron chi connectivity index (χ1n) is 9.26. The molecule has 2 N–H and O–H groups in total. The Balaban J connectivity index is 0.00000225. The van der Waals surface area contributed by atoms with Crippen molar-refractivity contribution in [1.82, 2.24) is 5.32 Å². The van der Waals surface area contributed by atoms with Crippen molar-refractivity contribution in [3.63, 3.8) is 0 Å². The summed E-state index contributed by atoms with van der Waals surface area (Å²) in [5, 5.41) is 6.67. The van der Waals surface area contributed by atoms with E-state index in [1.807, 2.05) is 24.3 Å². The molecule has 28 heavy (non-hydrogen) atoms. The molecule has 0 aliphatic carbocycles. The van der Waals surface area contributed by atoms with Crippen LogP contribution in [0.4, 0.5) is 10.1 Å². The highest BCUT2D eigenvalue weighted by atomic mass is 35.5. The van der Waals surface area contributed by atoms with Gasteiger partial charge in [0.05, 0.1) is 11.1 Å². The molecule has 4 rings (SSSR count). The van der Waals surface area contributed by atoms with Crippen molar-refractivity contribution < 1.29 is 13.9 Å². The summed E-state index contributed by atoms with van der Waals surface area (Å²) >= 11 is 6.17. The smallest absolute Gasteiger partial charge is 0.235 e. The Morgan fingerprint density at radius 3 is 2.75 bits per heavy atom. The van der Waals surface area contributed by atoms with Crippen LogP contribution in [0, 0.1) is 5.82 Å². The van der Waals surface area contributed by atoms with Gasteiger partial charge in [0, 0.05) is 24.8 Å².